The molecule has 1 aromatic rings. The highest BCUT2D eigenvalue weighted by atomic mass is 16.5. The number of hydrogen-bond acceptors (Lipinski definition) is 4. The van der Waals surface area contributed by atoms with Crippen LogP contribution < -0.4 is 15.4 Å². The van der Waals surface area contributed by atoms with Crippen LogP contribution in [0.25, 0.3) is 0 Å². The minimum Gasteiger partial charge on any atom is -0.495 e. The monoisotopic (exact) mass is 330 g/mol. The number of methoxy groups -OCH3 is 2. The summed E-state index contributed by atoms with van der Waals surface area (Å²) in [6.45, 7) is 0.649. The van der Waals surface area contributed by atoms with Crippen LogP contribution in [0, 0.1) is 17.8 Å². The summed E-state index contributed by atoms with van der Waals surface area (Å²) in [5.41, 5.74) is 0.789. The van der Waals surface area contributed by atoms with Gasteiger partial charge in [-0.15, -0.1) is 0 Å². The third kappa shape index (κ3) is 3.37. The number of urea groups is 1. The first-order chi connectivity index (χ1) is 11.6. The molecule has 2 aliphatic rings. The molecule has 1 saturated carbocycles. The van der Waals surface area contributed by atoms with E-state index in [4.69, 9.17) is 9.47 Å². The van der Waals surface area contributed by atoms with E-state index in [0.717, 1.165) is 6.42 Å². The van der Waals surface area contributed by atoms with Crippen molar-refractivity contribution in [2.24, 2.45) is 17.8 Å². The van der Waals surface area contributed by atoms with Crippen LogP contribution in [-0.4, -0.2) is 32.8 Å². The summed E-state index contributed by atoms with van der Waals surface area (Å²) in [5.74, 6) is 1.80. The highest BCUT2D eigenvalue weighted by Crippen LogP contribution is 2.42. The van der Waals surface area contributed by atoms with Crippen molar-refractivity contribution >= 4 is 17.7 Å². The lowest BCUT2D eigenvalue weighted by Crippen LogP contribution is -2.34. The Kier molecular flexibility index (Phi) is 4.74. The molecule has 3 unspecified atom stereocenters. The maximum absolute atomic E-state index is 12.2. The number of amides is 2. The third-order valence-corrected chi connectivity index (χ3v) is 4.81. The molecule has 2 aliphatic carbocycles. The Balaban J connectivity index is 1.60. The summed E-state index contributed by atoms with van der Waals surface area (Å²) >= 11 is 0. The number of carbonyl (C=O) groups excluding carboxylic acids is 2. The number of anilines is 1. The van der Waals surface area contributed by atoms with E-state index in [-0.39, 0.29) is 6.03 Å². The van der Waals surface area contributed by atoms with Crippen LogP contribution in [-0.2, 0) is 4.74 Å². The molecule has 128 valence electrons. The molecule has 2 amide bonds. The zero-order valence-corrected chi connectivity index (χ0v) is 13.9. The van der Waals surface area contributed by atoms with Gasteiger partial charge in [-0.2, -0.15) is 0 Å². The smallest absolute Gasteiger partial charge is 0.337 e. The second-order valence-electron chi connectivity index (χ2n) is 6.28. The highest BCUT2D eigenvalue weighted by molar-refractivity contribution is 5.95. The lowest BCUT2D eigenvalue weighted by Gasteiger charge is -2.19. The van der Waals surface area contributed by atoms with Crippen LogP contribution in [0.15, 0.2) is 30.4 Å². The number of benzene rings is 1. The van der Waals surface area contributed by atoms with Crippen LogP contribution in [0.1, 0.15) is 23.2 Å². The third-order valence-electron chi connectivity index (χ3n) is 4.81. The summed E-state index contributed by atoms with van der Waals surface area (Å²) in [5, 5.41) is 5.66. The molecule has 3 rings (SSSR count). The van der Waals surface area contributed by atoms with Gasteiger partial charge in [0.15, 0.2) is 0 Å². The maximum atomic E-state index is 12.2. The molecule has 3 atom stereocenters. The molecule has 1 aromatic carbocycles. The van der Waals surface area contributed by atoms with E-state index in [1.54, 1.807) is 18.2 Å². The average Bonchev–Trinajstić information content (AvgIpc) is 3.22. The molecular formula is C18H22N2O4. The first-order valence-corrected chi connectivity index (χ1v) is 8.10. The molecule has 2 N–H and O–H groups in total. The molecule has 6 heteroatoms. The average molecular weight is 330 g/mol. The molecule has 0 aliphatic heterocycles. The van der Waals surface area contributed by atoms with Gasteiger partial charge in [0.05, 0.1) is 25.5 Å². The normalized spacial score (nSPS) is 23.8. The van der Waals surface area contributed by atoms with Crippen molar-refractivity contribution in [3.05, 3.63) is 35.9 Å². The standard InChI is InChI=1S/C18H22N2O4/c1-23-16-6-5-13(17(21)24-2)9-15(16)20-18(22)19-10-14-8-11-3-4-12(14)7-11/h3-6,9,11-12,14H,7-8,10H2,1-2H3,(H2,19,20,22). The van der Waals surface area contributed by atoms with E-state index in [1.165, 1.54) is 20.6 Å². The van der Waals surface area contributed by atoms with Crippen molar-refractivity contribution < 1.29 is 19.1 Å². The SMILES string of the molecule is COC(=O)c1ccc(OC)c(NC(=O)NCC2CC3C=CC2C3)c1. The Bertz CT molecular complexity index is 671. The predicted octanol–water partition coefficient (Wildman–Crippen LogP) is 2.82. The summed E-state index contributed by atoms with van der Waals surface area (Å²) < 4.78 is 9.93. The number of allylic oxidation sites excluding steroid dienone is 2. The van der Waals surface area contributed by atoms with E-state index in [9.17, 15) is 9.59 Å². The summed E-state index contributed by atoms with van der Waals surface area (Å²) in [6, 6.07) is 4.46. The first kappa shape index (κ1) is 16.4. The van der Waals surface area contributed by atoms with Crippen molar-refractivity contribution in [2.45, 2.75) is 12.8 Å². The van der Waals surface area contributed by atoms with Gasteiger partial charge in [-0.3, -0.25) is 0 Å². The number of hydrogen-bond donors (Lipinski definition) is 2. The fourth-order valence-electron chi connectivity index (χ4n) is 3.57. The largest absolute Gasteiger partial charge is 0.495 e. The molecule has 0 saturated heterocycles. The minimum atomic E-state index is -0.463. The lowest BCUT2D eigenvalue weighted by atomic mass is 9.94. The Morgan fingerprint density at radius 2 is 2.04 bits per heavy atom. The van der Waals surface area contributed by atoms with Crippen molar-refractivity contribution in [2.75, 3.05) is 26.1 Å². The van der Waals surface area contributed by atoms with Crippen molar-refractivity contribution in [1.82, 2.24) is 5.32 Å². The Labute approximate surface area is 141 Å². The van der Waals surface area contributed by atoms with Gasteiger partial charge in [-0.05, 0) is 48.8 Å². The Morgan fingerprint density at radius 1 is 1.21 bits per heavy atom. The quantitative estimate of drug-likeness (QED) is 0.643. The topological polar surface area (TPSA) is 76.7 Å². The van der Waals surface area contributed by atoms with Crippen molar-refractivity contribution in [1.29, 1.82) is 0 Å². The number of ether oxygens (including phenoxy) is 2. The lowest BCUT2D eigenvalue weighted by molar-refractivity contribution is 0.0600. The van der Waals surface area contributed by atoms with Crippen LogP contribution in [0.3, 0.4) is 0 Å². The molecule has 0 aromatic heterocycles. The zero-order chi connectivity index (χ0) is 17.1. The zero-order valence-electron chi connectivity index (χ0n) is 13.9. The Hall–Kier alpha value is -2.50. The number of nitrogens with one attached hydrogen (secondary N) is 2. The van der Waals surface area contributed by atoms with E-state index < -0.39 is 5.97 Å². The van der Waals surface area contributed by atoms with E-state index in [2.05, 4.69) is 22.8 Å². The second-order valence-corrected chi connectivity index (χ2v) is 6.28. The van der Waals surface area contributed by atoms with Crippen LogP contribution in [0.2, 0.25) is 0 Å². The number of carbonyl (C=O) groups is 2. The maximum Gasteiger partial charge on any atom is 0.337 e. The highest BCUT2D eigenvalue weighted by Gasteiger charge is 2.35. The summed E-state index contributed by atoms with van der Waals surface area (Å²) in [7, 11) is 2.83. The Morgan fingerprint density at radius 3 is 2.67 bits per heavy atom. The van der Waals surface area contributed by atoms with Gasteiger partial charge in [0.2, 0.25) is 0 Å². The molecule has 0 spiro atoms. The number of rotatable bonds is 5. The molecule has 2 bridgehead atoms. The van der Waals surface area contributed by atoms with Gasteiger partial charge in [0.1, 0.15) is 5.75 Å². The van der Waals surface area contributed by atoms with Gasteiger partial charge >= 0.3 is 12.0 Å². The molecule has 1 fully saturated rings. The molecule has 6 nitrogen and oxygen atoms in total. The van der Waals surface area contributed by atoms with Gasteiger partial charge in [-0.1, -0.05) is 12.2 Å². The van der Waals surface area contributed by atoms with Crippen LogP contribution in [0.5, 0.6) is 5.75 Å². The van der Waals surface area contributed by atoms with Crippen LogP contribution >= 0.6 is 0 Å². The molecule has 24 heavy (non-hydrogen) atoms. The van der Waals surface area contributed by atoms with E-state index >= 15 is 0 Å². The first-order valence-electron chi connectivity index (χ1n) is 8.10. The van der Waals surface area contributed by atoms with Gasteiger partial charge < -0.3 is 20.1 Å². The van der Waals surface area contributed by atoms with Gasteiger partial charge in [0.25, 0.3) is 0 Å². The summed E-state index contributed by atoms with van der Waals surface area (Å²) in [4.78, 5) is 23.8. The van der Waals surface area contributed by atoms with E-state index in [1.807, 2.05) is 0 Å². The van der Waals surface area contributed by atoms with Crippen LogP contribution in [0.4, 0.5) is 10.5 Å². The van der Waals surface area contributed by atoms with Crippen molar-refractivity contribution in [3.63, 3.8) is 0 Å². The summed E-state index contributed by atoms with van der Waals surface area (Å²) in [6.07, 6.45) is 6.90. The molecular weight excluding hydrogens is 308 g/mol. The number of fused-ring (bicyclic) bond motifs is 2. The van der Waals surface area contributed by atoms with Gasteiger partial charge in [-0.25, -0.2) is 9.59 Å². The predicted molar refractivity (Wildman–Crippen MR) is 90.2 cm³/mol. The fraction of sp³-hybridized carbons (Fsp3) is 0.444. The number of esters is 1. The van der Waals surface area contributed by atoms with Crippen molar-refractivity contribution in [3.8, 4) is 5.75 Å². The fourth-order valence-corrected chi connectivity index (χ4v) is 3.57. The van der Waals surface area contributed by atoms with E-state index in [0.29, 0.717) is 41.3 Å². The van der Waals surface area contributed by atoms with Gasteiger partial charge in [0, 0.05) is 6.54 Å². The minimum absolute atomic E-state index is 0.304. The molecule has 0 radical (unpaired) electrons. The second kappa shape index (κ2) is 6.95. The molecule has 0 heterocycles.